The first kappa shape index (κ1) is 16.8. The summed E-state index contributed by atoms with van der Waals surface area (Å²) in [6, 6.07) is 9.21. The van der Waals surface area contributed by atoms with Gasteiger partial charge in [-0.05, 0) is 30.3 Å². The van der Waals surface area contributed by atoms with E-state index >= 15 is 0 Å². The van der Waals surface area contributed by atoms with Crippen molar-refractivity contribution in [2.75, 3.05) is 13.1 Å². The van der Waals surface area contributed by atoms with Gasteiger partial charge >= 0.3 is 6.18 Å². The number of hydrogen-bond donors (Lipinski definition) is 0. The van der Waals surface area contributed by atoms with E-state index in [1.165, 1.54) is 23.2 Å². The molecule has 0 saturated carbocycles. The van der Waals surface area contributed by atoms with E-state index in [1.54, 1.807) is 12.1 Å². The minimum atomic E-state index is -4.43. The molecule has 128 valence electrons. The first-order valence-corrected chi connectivity index (χ1v) is 7.36. The van der Waals surface area contributed by atoms with Crippen molar-refractivity contribution >= 4 is 5.91 Å². The molecule has 1 fully saturated rings. The number of alkyl halides is 3. The lowest BCUT2D eigenvalue weighted by atomic mass is 10.1. The lowest BCUT2D eigenvalue weighted by molar-refractivity contribution is -0.137. The molecule has 1 aromatic heterocycles. The first-order chi connectivity index (χ1) is 11.9. The maximum absolute atomic E-state index is 12.5. The quantitative estimate of drug-likeness (QED) is 0.856. The smallest absolute Gasteiger partial charge is 0.416 e. The molecule has 0 radical (unpaired) electrons. The standard InChI is InChI=1S/C17H12F3N3O2/c18-17(19,20)13-4-2-12(3-5-13)16(24)23-9-14(10-23)25-15-6-1-11(7-21)8-22-15/h1-6,8,14H,9-10H2. The van der Waals surface area contributed by atoms with Gasteiger partial charge in [0.05, 0.1) is 24.2 Å². The van der Waals surface area contributed by atoms with Gasteiger partial charge in [-0.1, -0.05) is 0 Å². The summed E-state index contributed by atoms with van der Waals surface area (Å²) in [5.74, 6) is 0.00647. The zero-order chi connectivity index (χ0) is 18.0. The van der Waals surface area contributed by atoms with E-state index in [1.807, 2.05) is 6.07 Å². The van der Waals surface area contributed by atoms with Gasteiger partial charge in [0.25, 0.3) is 5.91 Å². The molecule has 0 unspecified atom stereocenters. The van der Waals surface area contributed by atoms with Crippen molar-refractivity contribution in [1.82, 2.24) is 9.88 Å². The third-order valence-corrected chi connectivity index (χ3v) is 3.75. The average molecular weight is 347 g/mol. The van der Waals surface area contributed by atoms with Crippen LogP contribution in [0.3, 0.4) is 0 Å². The molecule has 1 amide bonds. The molecule has 1 aromatic carbocycles. The maximum Gasteiger partial charge on any atom is 0.416 e. The van der Waals surface area contributed by atoms with E-state index in [0.29, 0.717) is 24.5 Å². The molecule has 25 heavy (non-hydrogen) atoms. The van der Waals surface area contributed by atoms with Crippen molar-refractivity contribution < 1.29 is 22.7 Å². The SMILES string of the molecule is N#Cc1ccc(OC2CN(C(=O)c3ccc(C(F)(F)F)cc3)C2)nc1. The van der Waals surface area contributed by atoms with E-state index in [4.69, 9.17) is 10.00 Å². The Morgan fingerprint density at radius 2 is 1.88 bits per heavy atom. The Morgan fingerprint density at radius 1 is 1.20 bits per heavy atom. The van der Waals surface area contributed by atoms with Gasteiger partial charge in [0.1, 0.15) is 12.2 Å². The van der Waals surface area contributed by atoms with Crippen LogP contribution in [0.2, 0.25) is 0 Å². The second-order valence-electron chi connectivity index (χ2n) is 5.52. The monoisotopic (exact) mass is 347 g/mol. The minimum Gasteiger partial charge on any atom is -0.471 e. The lowest BCUT2D eigenvalue weighted by Gasteiger charge is -2.38. The third-order valence-electron chi connectivity index (χ3n) is 3.75. The normalized spacial score (nSPS) is 14.6. The molecule has 1 aliphatic rings. The molecule has 0 spiro atoms. The van der Waals surface area contributed by atoms with Crippen LogP contribution in [-0.2, 0) is 6.18 Å². The maximum atomic E-state index is 12.5. The number of nitrogens with zero attached hydrogens (tertiary/aromatic N) is 3. The van der Waals surface area contributed by atoms with Crippen LogP contribution in [0.25, 0.3) is 0 Å². The van der Waals surface area contributed by atoms with Crippen molar-refractivity contribution in [2.45, 2.75) is 12.3 Å². The Balaban J connectivity index is 1.55. The highest BCUT2D eigenvalue weighted by molar-refractivity contribution is 5.94. The number of nitriles is 1. The summed E-state index contributed by atoms with van der Waals surface area (Å²) in [6.45, 7) is 0.642. The van der Waals surface area contributed by atoms with Gasteiger partial charge in [0, 0.05) is 17.8 Å². The average Bonchev–Trinajstić information content (AvgIpc) is 2.57. The van der Waals surface area contributed by atoms with E-state index < -0.39 is 11.7 Å². The van der Waals surface area contributed by atoms with Gasteiger partial charge in [0.15, 0.2) is 0 Å². The Hall–Kier alpha value is -3.08. The van der Waals surface area contributed by atoms with Crippen molar-refractivity contribution in [2.24, 2.45) is 0 Å². The molecular formula is C17H12F3N3O2. The summed E-state index contributed by atoms with van der Waals surface area (Å²) >= 11 is 0. The fraction of sp³-hybridized carbons (Fsp3) is 0.235. The fourth-order valence-electron chi connectivity index (χ4n) is 2.35. The molecule has 2 heterocycles. The molecule has 5 nitrogen and oxygen atoms in total. The summed E-state index contributed by atoms with van der Waals surface area (Å²) in [7, 11) is 0. The van der Waals surface area contributed by atoms with Gasteiger partial charge < -0.3 is 9.64 Å². The molecule has 0 atom stereocenters. The summed E-state index contributed by atoms with van der Waals surface area (Å²) in [5.41, 5.74) is -0.177. The Bertz CT molecular complexity index is 805. The molecule has 3 rings (SSSR count). The minimum absolute atomic E-state index is 0.197. The second-order valence-corrected chi connectivity index (χ2v) is 5.52. The van der Waals surface area contributed by atoms with Crippen LogP contribution in [0.5, 0.6) is 5.88 Å². The molecule has 1 aliphatic heterocycles. The predicted octanol–water partition coefficient (Wildman–Crippen LogP) is 2.88. The third kappa shape index (κ3) is 3.71. The fourth-order valence-corrected chi connectivity index (χ4v) is 2.35. The zero-order valence-corrected chi connectivity index (χ0v) is 12.8. The van der Waals surface area contributed by atoms with Crippen molar-refractivity contribution in [1.29, 1.82) is 5.26 Å². The molecule has 0 bridgehead atoms. The number of rotatable bonds is 3. The molecule has 0 N–H and O–H groups in total. The van der Waals surface area contributed by atoms with Crippen LogP contribution < -0.4 is 4.74 Å². The molecule has 0 aliphatic carbocycles. The van der Waals surface area contributed by atoms with Crippen LogP contribution in [0, 0.1) is 11.3 Å². The van der Waals surface area contributed by atoms with Crippen LogP contribution in [0.4, 0.5) is 13.2 Å². The number of benzene rings is 1. The van der Waals surface area contributed by atoms with Crippen molar-refractivity contribution in [3.8, 4) is 11.9 Å². The van der Waals surface area contributed by atoms with Crippen molar-refractivity contribution in [3.63, 3.8) is 0 Å². The highest BCUT2D eigenvalue weighted by atomic mass is 19.4. The summed E-state index contributed by atoms with van der Waals surface area (Å²) in [6.07, 6.45) is -3.27. The second kappa shape index (κ2) is 6.43. The number of carbonyl (C=O) groups is 1. The van der Waals surface area contributed by atoms with Gasteiger partial charge in [-0.2, -0.15) is 18.4 Å². The van der Waals surface area contributed by atoms with E-state index in [0.717, 1.165) is 12.1 Å². The molecule has 8 heteroatoms. The van der Waals surface area contributed by atoms with Crippen LogP contribution in [-0.4, -0.2) is 35.0 Å². The van der Waals surface area contributed by atoms with Crippen molar-refractivity contribution in [3.05, 3.63) is 59.3 Å². The molecule has 1 saturated heterocycles. The van der Waals surface area contributed by atoms with E-state index in [9.17, 15) is 18.0 Å². The summed E-state index contributed by atoms with van der Waals surface area (Å²) < 4.78 is 43.1. The van der Waals surface area contributed by atoms with E-state index in [-0.39, 0.29) is 17.6 Å². The summed E-state index contributed by atoms with van der Waals surface area (Å²) in [5, 5.41) is 8.70. The Morgan fingerprint density at radius 3 is 2.40 bits per heavy atom. The number of pyridine rings is 1. The number of halogens is 3. The van der Waals surface area contributed by atoms with E-state index in [2.05, 4.69) is 4.98 Å². The van der Waals surface area contributed by atoms with Crippen LogP contribution in [0.1, 0.15) is 21.5 Å². The highest BCUT2D eigenvalue weighted by Crippen LogP contribution is 2.29. The van der Waals surface area contributed by atoms with Crippen LogP contribution >= 0.6 is 0 Å². The zero-order valence-electron chi connectivity index (χ0n) is 12.8. The number of likely N-dealkylation sites (tertiary alicyclic amines) is 1. The lowest BCUT2D eigenvalue weighted by Crippen LogP contribution is -2.56. The number of hydrogen-bond acceptors (Lipinski definition) is 4. The van der Waals surface area contributed by atoms with Gasteiger partial charge in [-0.25, -0.2) is 4.98 Å². The molecular weight excluding hydrogens is 335 g/mol. The Kier molecular flexibility index (Phi) is 4.31. The van der Waals surface area contributed by atoms with Gasteiger partial charge in [-0.3, -0.25) is 4.79 Å². The number of carbonyl (C=O) groups excluding carboxylic acids is 1. The number of aromatic nitrogens is 1. The highest BCUT2D eigenvalue weighted by Gasteiger charge is 2.34. The number of amides is 1. The van der Waals surface area contributed by atoms with Gasteiger partial charge in [-0.15, -0.1) is 0 Å². The topological polar surface area (TPSA) is 66.2 Å². The predicted molar refractivity (Wildman–Crippen MR) is 80.7 cm³/mol. The largest absolute Gasteiger partial charge is 0.471 e. The van der Waals surface area contributed by atoms with Crippen LogP contribution in [0.15, 0.2) is 42.6 Å². The first-order valence-electron chi connectivity index (χ1n) is 7.36. The Labute approximate surface area is 141 Å². The van der Waals surface area contributed by atoms with Gasteiger partial charge in [0.2, 0.25) is 5.88 Å². The summed E-state index contributed by atoms with van der Waals surface area (Å²) in [4.78, 5) is 17.7. The molecule has 2 aromatic rings. The number of ether oxygens (including phenoxy) is 1.